The maximum atomic E-state index is 12.0. The maximum absolute atomic E-state index is 12.0. The predicted molar refractivity (Wildman–Crippen MR) is 80.5 cm³/mol. The molecule has 1 amide bonds. The Bertz CT molecular complexity index is 590. The van der Waals surface area contributed by atoms with Crippen molar-refractivity contribution in [3.63, 3.8) is 0 Å². The number of methoxy groups -OCH3 is 1. The summed E-state index contributed by atoms with van der Waals surface area (Å²) in [5.41, 5.74) is 0.766. The number of carbonyl (C=O) groups excluding carboxylic acids is 1. The molecule has 0 saturated heterocycles. The average molecular weight is 289 g/mol. The molecule has 21 heavy (non-hydrogen) atoms. The molecule has 0 aliphatic heterocycles. The monoisotopic (exact) mass is 289 g/mol. The van der Waals surface area contributed by atoms with Crippen LogP contribution in [0.25, 0.3) is 0 Å². The molecule has 0 spiro atoms. The number of hydrogen-bond donors (Lipinski definition) is 2. The first-order chi connectivity index (χ1) is 10.1. The molecule has 1 heterocycles. The molecule has 0 aliphatic rings. The fourth-order valence-corrected chi connectivity index (χ4v) is 2.09. The summed E-state index contributed by atoms with van der Waals surface area (Å²) >= 11 is 0. The van der Waals surface area contributed by atoms with E-state index in [0.717, 1.165) is 27.9 Å². The van der Waals surface area contributed by atoms with Crippen LogP contribution < -0.4 is 15.0 Å². The summed E-state index contributed by atoms with van der Waals surface area (Å²) in [7, 11) is 3.58. The van der Waals surface area contributed by atoms with Crippen molar-refractivity contribution in [1.82, 2.24) is 0 Å². The molecule has 2 aromatic rings. The van der Waals surface area contributed by atoms with Gasteiger partial charge in [-0.3, -0.25) is 4.79 Å². The predicted octanol–water partition coefficient (Wildman–Crippen LogP) is 1.25. The normalized spacial score (nSPS) is 12.0. The molecule has 0 aliphatic carbocycles. The number of likely N-dealkylation sites (N-methyl/N-ethyl adjacent to an activating group) is 1. The SMILES string of the molecule is COc1ccc(NC(=O)C[NH+](C)Cc2ccc(C)o2)cc1. The number of carbonyl (C=O) groups is 1. The lowest BCUT2D eigenvalue weighted by Crippen LogP contribution is -3.08. The number of hydrogen-bond acceptors (Lipinski definition) is 3. The second-order valence-corrected chi connectivity index (χ2v) is 5.10. The lowest BCUT2D eigenvalue weighted by molar-refractivity contribution is -0.886. The zero-order valence-electron chi connectivity index (χ0n) is 12.6. The topological polar surface area (TPSA) is 55.9 Å². The number of rotatable bonds is 6. The molecular weight excluding hydrogens is 268 g/mol. The minimum Gasteiger partial charge on any atom is -0.497 e. The zero-order valence-corrected chi connectivity index (χ0v) is 12.6. The highest BCUT2D eigenvalue weighted by molar-refractivity contribution is 5.91. The van der Waals surface area contributed by atoms with Crippen molar-refractivity contribution in [3.05, 3.63) is 47.9 Å². The van der Waals surface area contributed by atoms with Crippen LogP contribution in [0.5, 0.6) is 5.75 Å². The zero-order chi connectivity index (χ0) is 15.2. The van der Waals surface area contributed by atoms with Gasteiger partial charge in [0, 0.05) is 5.69 Å². The first-order valence-corrected chi connectivity index (χ1v) is 6.87. The van der Waals surface area contributed by atoms with Crippen LogP contribution in [0.2, 0.25) is 0 Å². The highest BCUT2D eigenvalue weighted by atomic mass is 16.5. The molecule has 0 fully saturated rings. The van der Waals surface area contributed by atoms with E-state index in [4.69, 9.17) is 9.15 Å². The Morgan fingerprint density at radius 3 is 2.52 bits per heavy atom. The van der Waals surface area contributed by atoms with Gasteiger partial charge in [0.25, 0.3) is 5.91 Å². The Labute approximate surface area is 124 Å². The van der Waals surface area contributed by atoms with Crippen molar-refractivity contribution in [2.75, 3.05) is 26.0 Å². The number of aryl methyl sites for hydroxylation is 1. The summed E-state index contributed by atoms with van der Waals surface area (Å²) in [4.78, 5) is 13.0. The third kappa shape index (κ3) is 4.65. The van der Waals surface area contributed by atoms with Crippen LogP contribution in [0.4, 0.5) is 5.69 Å². The molecule has 0 radical (unpaired) electrons. The Morgan fingerprint density at radius 2 is 1.95 bits per heavy atom. The number of ether oxygens (including phenoxy) is 1. The fraction of sp³-hybridized carbons (Fsp3) is 0.312. The lowest BCUT2D eigenvalue weighted by atomic mass is 10.3. The van der Waals surface area contributed by atoms with E-state index in [1.807, 2.05) is 50.4 Å². The van der Waals surface area contributed by atoms with E-state index >= 15 is 0 Å². The van der Waals surface area contributed by atoms with Gasteiger partial charge in [0.1, 0.15) is 18.1 Å². The summed E-state index contributed by atoms with van der Waals surface area (Å²) in [5, 5.41) is 2.87. The number of quaternary nitrogens is 1. The minimum atomic E-state index is -0.0269. The molecule has 1 atom stereocenters. The van der Waals surface area contributed by atoms with Crippen LogP contribution in [-0.4, -0.2) is 26.6 Å². The van der Waals surface area contributed by atoms with Crippen LogP contribution >= 0.6 is 0 Å². The highest BCUT2D eigenvalue weighted by Gasteiger charge is 2.12. The van der Waals surface area contributed by atoms with Crippen molar-refractivity contribution in [2.45, 2.75) is 13.5 Å². The number of anilines is 1. The molecule has 5 heteroatoms. The summed E-state index contributed by atoms with van der Waals surface area (Å²) in [5.74, 6) is 2.52. The molecule has 2 N–H and O–H groups in total. The Hall–Kier alpha value is -2.27. The lowest BCUT2D eigenvalue weighted by Gasteiger charge is -2.12. The van der Waals surface area contributed by atoms with Crippen molar-refractivity contribution in [1.29, 1.82) is 0 Å². The standard InChI is InChI=1S/C16H20N2O3/c1-12-4-7-15(21-12)10-18(2)11-16(19)17-13-5-8-14(20-3)9-6-13/h4-9H,10-11H2,1-3H3,(H,17,19)/p+1. The van der Waals surface area contributed by atoms with Crippen LogP contribution in [-0.2, 0) is 11.3 Å². The van der Waals surface area contributed by atoms with E-state index in [-0.39, 0.29) is 5.91 Å². The van der Waals surface area contributed by atoms with Crippen LogP contribution in [0, 0.1) is 6.92 Å². The van der Waals surface area contributed by atoms with Gasteiger partial charge in [0.15, 0.2) is 12.3 Å². The molecule has 1 unspecified atom stereocenters. The van der Waals surface area contributed by atoms with Crippen LogP contribution in [0.3, 0.4) is 0 Å². The minimum absolute atomic E-state index is 0.0269. The summed E-state index contributed by atoms with van der Waals surface area (Å²) in [6.45, 7) is 2.98. The first-order valence-electron chi connectivity index (χ1n) is 6.87. The third-order valence-corrected chi connectivity index (χ3v) is 3.11. The van der Waals surface area contributed by atoms with Gasteiger partial charge in [-0.1, -0.05) is 0 Å². The van der Waals surface area contributed by atoms with E-state index in [0.29, 0.717) is 13.1 Å². The van der Waals surface area contributed by atoms with Crippen LogP contribution in [0.15, 0.2) is 40.8 Å². The van der Waals surface area contributed by atoms with E-state index in [9.17, 15) is 4.79 Å². The number of benzene rings is 1. The summed E-state index contributed by atoms with van der Waals surface area (Å²) in [6, 6.07) is 11.2. The number of amides is 1. The van der Waals surface area contributed by atoms with Crippen LogP contribution in [0.1, 0.15) is 11.5 Å². The van der Waals surface area contributed by atoms with Gasteiger partial charge in [-0.2, -0.15) is 0 Å². The molecule has 5 nitrogen and oxygen atoms in total. The van der Waals surface area contributed by atoms with Gasteiger partial charge in [0.2, 0.25) is 0 Å². The number of nitrogens with one attached hydrogen (secondary N) is 2. The second kappa shape index (κ2) is 6.95. The van der Waals surface area contributed by atoms with E-state index < -0.39 is 0 Å². The largest absolute Gasteiger partial charge is 0.497 e. The van der Waals surface area contributed by atoms with Crippen molar-refractivity contribution in [3.8, 4) is 5.75 Å². The summed E-state index contributed by atoms with van der Waals surface area (Å²) < 4.78 is 10.6. The van der Waals surface area contributed by atoms with Gasteiger partial charge in [-0.15, -0.1) is 0 Å². The second-order valence-electron chi connectivity index (χ2n) is 5.10. The molecule has 0 bridgehead atoms. The quantitative estimate of drug-likeness (QED) is 0.841. The smallest absolute Gasteiger partial charge is 0.279 e. The first kappa shape index (κ1) is 15.1. The maximum Gasteiger partial charge on any atom is 0.279 e. The van der Waals surface area contributed by atoms with Crippen molar-refractivity contribution < 1.29 is 18.8 Å². The van der Waals surface area contributed by atoms with Gasteiger partial charge >= 0.3 is 0 Å². The number of furan rings is 1. The van der Waals surface area contributed by atoms with Gasteiger partial charge < -0.3 is 19.4 Å². The van der Waals surface area contributed by atoms with Crippen molar-refractivity contribution >= 4 is 11.6 Å². The third-order valence-electron chi connectivity index (χ3n) is 3.11. The molecule has 1 aromatic carbocycles. The fourth-order valence-electron chi connectivity index (χ4n) is 2.09. The molecule has 2 rings (SSSR count). The molecule has 112 valence electrons. The molecule has 1 aromatic heterocycles. The Kier molecular flexibility index (Phi) is 5.00. The van der Waals surface area contributed by atoms with Gasteiger partial charge in [0.05, 0.1) is 14.2 Å². The van der Waals surface area contributed by atoms with Gasteiger partial charge in [-0.25, -0.2) is 0 Å². The van der Waals surface area contributed by atoms with E-state index in [1.165, 1.54) is 0 Å². The average Bonchev–Trinajstić information content (AvgIpc) is 2.84. The van der Waals surface area contributed by atoms with E-state index in [1.54, 1.807) is 7.11 Å². The Balaban J connectivity index is 1.82. The van der Waals surface area contributed by atoms with E-state index in [2.05, 4.69) is 5.32 Å². The van der Waals surface area contributed by atoms with Crippen molar-refractivity contribution in [2.24, 2.45) is 0 Å². The molecular formula is C16H21N2O3+. The highest BCUT2D eigenvalue weighted by Crippen LogP contribution is 2.14. The Morgan fingerprint density at radius 1 is 1.24 bits per heavy atom. The molecule has 0 saturated carbocycles. The summed E-state index contributed by atoms with van der Waals surface area (Å²) in [6.07, 6.45) is 0. The van der Waals surface area contributed by atoms with Gasteiger partial charge in [-0.05, 0) is 43.3 Å².